The van der Waals surface area contributed by atoms with E-state index in [1.165, 1.54) is 19.3 Å². The fourth-order valence-electron chi connectivity index (χ4n) is 0.623. The third kappa shape index (κ3) is 46.6. The molecule has 0 radical (unpaired) electrons. The molecule has 98 valence electrons. The molecule has 0 heterocycles. The van der Waals surface area contributed by atoms with Crippen LogP contribution < -0.4 is 15.9 Å². The molecule has 0 atom stereocenters. The Bertz CT molecular complexity index is 71.4. The summed E-state index contributed by atoms with van der Waals surface area (Å²) in [6.07, 6.45) is 5.57. The summed E-state index contributed by atoms with van der Waals surface area (Å²) < 4.78 is 1.54. The van der Waals surface area contributed by atoms with Gasteiger partial charge in [0.2, 0.25) is 0 Å². The van der Waals surface area contributed by atoms with Gasteiger partial charge in [-0.15, -0.1) is 13.2 Å². The maximum atomic E-state index is 9.30. The van der Waals surface area contributed by atoms with Crippen LogP contribution in [0.1, 0.15) is 46.0 Å². The normalized spacial score (nSPS) is 8.12. The fourth-order valence-corrected chi connectivity index (χ4v) is 2.35. The summed E-state index contributed by atoms with van der Waals surface area (Å²) in [5.74, 6) is 0. The summed E-state index contributed by atoms with van der Waals surface area (Å²) in [4.78, 5) is 2.39. The second kappa shape index (κ2) is 29.6. The van der Waals surface area contributed by atoms with Gasteiger partial charge in [0.05, 0.1) is 0 Å². The molecule has 0 spiro atoms. The quantitative estimate of drug-likeness (QED) is 0.551. The fraction of sp³-hybridized carbons (Fsp3) is 1.00. The van der Waals surface area contributed by atoms with Crippen molar-refractivity contribution >= 4 is 21.1 Å². The van der Waals surface area contributed by atoms with Gasteiger partial charge < -0.3 is 10.2 Å². The van der Waals surface area contributed by atoms with E-state index >= 15 is 0 Å². The molecule has 0 saturated carbocycles. The Morgan fingerprint density at radius 2 is 1.38 bits per heavy atom. The van der Waals surface area contributed by atoms with Crippen molar-refractivity contribution in [2.24, 2.45) is 5.73 Å². The van der Waals surface area contributed by atoms with Gasteiger partial charge in [0, 0.05) is 0 Å². The van der Waals surface area contributed by atoms with Gasteiger partial charge in [-0.2, -0.15) is 0 Å². The van der Waals surface area contributed by atoms with Crippen LogP contribution >= 0.6 is 0 Å². The Hall–Kier alpha value is 0.679. The van der Waals surface area contributed by atoms with Crippen LogP contribution in [0, 0.1) is 0 Å². The van der Waals surface area contributed by atoms with Crippen molar-refractivity contribution in [2.45, 2.75) is 55.3 Å². The van der Waals surface area contributed by atoms with Crippen molar-refractivity contribution < 1.29 is 10.2 Å². The van der Waals surface area contributed by atoms with Crippen molar-refractivity contribution in [1.29, 1.82) is 0 Å². The zero-order chi connectivity index (χ0) is 13.1. The van der Waals surface area contributed by atoms with Crippen molar-refractivity contribution in [3.63, 3.8) is 0 Å². The van der Waals surface area contributed by atoms with E-state index in [4.69, 9.17) is 5.73 Å². The number of hydrogen-bond acceptors (Lipinski definition) is 3. The van der Waals surface area contributed by atoms with Crippen LogP contribution in [0.5, 0.6) is 0 Å². The van der Waals surface area contributed by atoms with Crippen molar-refractivity contribution in [2.75, 3.05) is 19.8 Å². The molecule has 0 rings (SSSR count). The molecular formula is C12H29NO2Sn. The predicted octanol–water partition coefficient (Wildman–Crippen LogP) is 0.799. The summed E-state index contributed by atoms with van der Waals surface area (Å²) >= 11 is 0.126. The zero-order valence-electron chi connectivity index (χ0n) is 11.3. The van der Waals surface area contributed by atoms with E-state index in [9.17, 15) is 10.2 Å². The second-order valence-electron chi connectivity index (χ2n) is 3.36. The average Bonchev–Trinajstić information content (AvgIpc) is 2.35. The molecule has 2 N–H and O–H groups in total. The predicted molar refractivity (Wildman–Crippen MR) is 69.6 cm³/mol. The van der Waals surface area contributed by atoms with E-state index in [1.807, 2.05) is 13.8 Å². The number of hydrogen-bond donors (Lipinski definition) is 1. The van der Waals surface area contributed by atoms with Crippen LogP contribution in [0.2, 0.25) is 9.38 Å². The number of unbranched alkanes of at least 4 members (excludes halogenated alkanes) is 2. The topological polar surface area (TPSA) is 72.1 Å². The first-order valence-electron chi connectivity index (χ1n) is 6.25. The summed E-state index contributed by atoms with van der Waals surface area (Å²) in [6.45, 7) is 4.76. The van der Waals surface area contributed by atoms with Crippen molar-refractivity contribution in [3.8, 4) is 0 Å². The molecule has 3 nitrogen and oxygen atoms in total. The van der Waals surface area contributed by atoms with Crippen molar-refractivity contribution in [1.82, 2.24) is 0 Å². The molecule has 16 heavy (non-hydrogen) atoms. The Labute approximate surface area is 112 Å². The minimum atomic E-state index is 0.0694. The van der Waals surface area contributed by atoms with Crippen LogP contribution in [-0.4, -0.2) is 40.9 Å². The maximum absolute atomic E-state index is 9.30. The molecule has 0 unspecified atom stereocenters. The molecule has 0 aromatic rings. The van der Waals surface area contributed by atoms with Gasteiger partial charge in [-0.1, -0.05) is 26.7 Å². The average molecular weight is 338 g/mol. The van der Waals surface area contributed by atoms with Gasteiger partial charge in [-0.25, -0.2) is 0 Å². The zero-order valence-corrected chi connectivity index (χ0v) is 14.1. The molecule has 0 aliphatic rings. The van der Waals surface area contributed by atoms with Gasteiger partial charge in [0.25, 0.3) is 0 Å². The van der Waals surface area contributed by atoms with E-state index in [1.54, 1.807) is 4.44 Å². The van der Waals surface area contributed by atoms with Gasteiger partial charge >= 0.3 is 62.1 Å². The molecule has 0 aliphatic carbocycles. The SMILES string of the molecule is CCC[O-].CCC[O-].[CH3][Sn+2][CH2]CCCCN. The summed E-state index contributed by atoms with van der Waals surface area (Å²) in [5, 5.41) is 18.6. The van der Waals surface area contributed by atoms with E-state index < -0.39 is 0 Å². The molecular weight excluding hydrogens is 309 g/mol. The van der Waals surface area contributed by atoms with Crippen LogP contribution in [0.15, 0.2) is 0 Å². The Morgan fingerprint density at radius 3 is 1.62 bits per heavy atom. The van der Waals surface area contributed by atoms with Crippen molar-refractivity contribution in [3.05, 3.63) is 0 Å². The summed E-state index contributed by atoms with van der Waals surface area (Å²) in [6, 6.07) is 0. The molecule has 4 heteroatoms. The molecule has 0 saturated heterocycles. The van der Waals surface area contributed by atoms with Gasteiger partial charge in [-0.3, -0.25) is 0 Å². The third-order valence-electron chi connectivity index (χ3n) is 1.54. The summed E-state index contributed by atoms with van der Waals surface area (Å²) in [5.41, 5.74) is 5.32. The van der Waals surface area contributed by atoms with E-state index in [0.717, 1.165) is 19.4 Å². The number of rotatable bonds is 7. The summed E-state index contributed by atoms with van der Waals surface area (Å²) in [7, 11) is 0. The number of nitrogens with two attached hydrogens (primary N) is 1. The van der Waals surface area contributed by atoms with E-state index in [-0.39, 0.29) is 34.4 Å². The van der Waals surface area contributed by atoms with Crippen LogP contribution in [0.3, 0.4) is 0 Å². The first kappa shape index (κ1) is 21.9. The van der Waals surface area contributed by atoms with Gasteiger partial charge in [0.1, 0.15) is 0 Å². The molecule has 0 bridgehead atoms. The molecule has 0 aliphatic heterocycles. The molecule has 0 amide bonds. The molecule has 0 aromatic carbocycles. The van der Waals surface area contributed by atoms with E-state index in [0.29, 0.717) is 0 Å². The molecule has 0 aromatic heterocycles. The van der Waals surface area contributed by atoms with Gasteiger partial charge in [0.15, 0.2) is 0 Å². The third-order valence-corrected chi connectivity index (χ3v) is 3.98. The first-order chi connectivity index (χ1) is 7.74. The Kier molecular flexibility index (Phi) is 40.6. The van der Waals surface area contributed by atoms with Crippen LogP contribution in [-0.2, 0) is 0 Å². The molecule has 0 fully saturated rings. The minimum absolute atomic E-state index is 0.0694. The monoisotopic (exact) mass is 339 g/mol. The second-order valence-corrected chi connectivity index (χ2v) is 6.81. The standard InChI is InChI=1S/C5H12N.2C3H7O.CH3.Sn/c1-2-3-4-5-6;2*1-2-3-4;;/h1-6H2;2*2-3H2,1H3;1H3;/q;2*-1;;+2. The van der Waals surface area contributed by atoms with Gasteiger partial charge in [-0.05, 0) is 0 Å². The Balaban J connectivity index is -0.000000179. The Morgan fingerprint density at radius 1 is 0.938 bits per heavy atom. The first-order valence-corrected chi connectivity index (χ1v) is 11.1. The van der Waals surface area contributed by atoms with E-state index in [2.05, 4.69) is 4.94 Å². The van der Waals surface area contributed by atoms with Crippen LogP contribution in [0.4, 0.5) is 0 Å². The van der Waals surface area contributed by atoms with Crippen LogP contribution in [0.25, 0.3) is 0 Å².